The first-order valence-corrected chi connectivity index (χ1v) is 14.9. The van der Waals surface area contributed by atoms with Crippen molar-refractivity contribution < 1.29 is 18.8 Å². The number of carbonyl (C=O) groups excluding carboxylic acids is 3. The van der Waals surface area contributed by atoms with Crippen LogP contribution in [0.4, 0.5) is 0 Å². The Labute approximate surface area is 191 Å². The molecule has 1 N–H and O–H groups in total. The number of hydrogen-bond donors (Lipinski definition) is 1. The Balaban J connectivity index is 1.79. The van der Waals surface area contributed by atoms with E-state index in [0.717, 1.165) is 5.57 Å². The molecular weight excluding hydrogens is 484 g/mol. The molecule has 162 valence electrons. The molecule has 0 saturated carbocycles. The lowest BCUT2D eigenvalue weighted by Crippen LogP contribution is -2.70. The number of carbonyl (C=O) groups is 3. The van der Waals surface area contributed by atoms with Gasteiger partial charge in [0.25, 0.3) is 20.1 Å². The fourth-order valence-electron chi connectivity index (χ4n) is 3.02. The van der Waals surface area contributed by atoms with Gasteiger partial charge in [-0.3, -0.25) is 14.5 Å². The van der Waals surface area contributed by atoms with Crippen molar-refractivity contribution in [2.24, 2.45) is 0 Å². The number of thioether (sulfide) groups is 1. The van der Waals surface area contributed by atoms with Crippen LogP contribution in [0.15, 0.2) is 41.6 Å². The highest BCUT2D eigenvalue weighted by Gasteiger charge is 2.55. The van der Waals surface area contributed by atoms with Crippen LogP contribution < -0.4 is 5.32 Å². The van der Waals surface area contributed by atoms with Gasteiger partial charge in [0.15, 0.2) is 0 Å². The summed E-state index contributed by atoms with van der Waals surface area (Å²) in [5.74, 6) is -0.422. The standard InChI is InChI=1S/C21H27BrN2O4SSi/c1-21(2,3)30(4,5)28-20(27)16-14(11-22)12-29-19-15(18(26)24(16)19)23-17(25)13-9-7-6-8-10-13/h6-10,15,19H,11-12H2,1-5H3,(H,23,25)/t15?,19-/m1/s1. The average Bonchev–Trinajstić information content (AvgIpc) is 2.69. The maximum Gasteiger partial charge on any atom is 0.341 e. The van der Waals surface area contributed by atoms with Crippen molar-refractivity contribution >= 4 is 53.8 Å². The number of rotatable bonds is 5. The van der Waals surface area contributed by atoms with Gasteiger partial charge in [0.05, 0.1) is 0 Å². The summed E-state index contributed by atoms with van der Waals surface area (Å²) in [4.78, 5) is 40.1. The van der Waals surface area contributed by atoms with E-state index in [1.54, 1.807) is 36.0 Å². The Morgan fingerprint density at radius 1 is 1.27 bits per heavy atom. The van der Waals surface area contributed by atoms with Crippen molar-refractivity contribution in [1.82, 2.24) is 10.2 Å². The topological polar surface area (TPSA) is 75.7 Å². The van der Waals surface area contributed by atoms with Gasteiger partial charge in [0.2, 0.25) is 0 Å². The first-order valence-electron chi connectivity index (χ1n) is 9.80. The van der Waals surface area contributed by atoms with Crippen molar-refractivity contribution in [2.45, 2.75) is 50.3 Å². The molecule has 3 rings (SSSR count). The van der Waals surface area contributed by atoms with E-state index < -0.39 is 20.3 Å². The smallest absolute Gasteiger partial charge is 0.341 e. The van der Waals surface area contributed by atoms with Crippen LogP contribution >= 0.6 is 27.7 Å². The quantitative estimate of drug-likeness (QED) is 0.369. The van der Waals surface area contributed by atoms with E-state index in [4.69, 9.17) is 4.43 Å². The molecule has 0 aliphatic carbocycles. The van der Waals surface area contributed by atoms with Gasteiger partial charge in [-0.15, -0.1) is 11.8 Å². The van der Waals surface area contributed by atoms with Crippen molar-refractivity contribution in [1.29, 1.82) is 0 Å². The zero-order chi connectivity index (χ0) is 22.3. The van der Waals surface area contributed by atoms with Gasteiger partial charge in [-0.05, 0) is 35.8 Å². The number of nitrogens with one attached hydrogen (secondary N) is 1. The number of nitrogens with zero attached hydrogens (tertiary/aromatic N) is 1. The Bertz CT molecular complexity index is 898. The highest BCUT2D eigenvalue weighted by Crippen LogP contribution is 2.43. The predicted octanol–water partition coefficient (Wildman–Crippen LogP) is 3.90. The summed E-state index contributed by atoms with van der Waals surface area (Å²) in [6.07, 6.45) is 0. The second-order valence-corrected chi connectivity index (χ2v) is 15.4. The summed E-state index contributed by atoms with van der Waals surface area (Å²) in [5, 5.41) is 2.86. The molecule has 0 spiro atoms. The number of benzene rings is 1. The minimum absolute atomic E-state index is 0.133. The van der Waals surface area contributed by atoms with Crippen LogP contribution in [0.3, 0.4) is 0 Å². The molecule has 2 amide bonds. The van der Waals surface area contributed by atoms with Crippen molar-refractivity contribution in [3.05, 3.63) is 47.2 Å². The Morgan fingerprint density at radius 2 is 1.90 bits per heavy atom. The lowest BCUT2D eigenvalue weighted by Gasteiger charge is -2.50. The van der Waals surface area contributed by atoms with Gasteiger partial charge in [-0.1, -0.05) is 54.9 Å². The van der Waals surface area contributed by atoms with Crippen LogP contribution in [0, 0.1) is 0 Å². The lowest BCUT2D eigenvalue weighted by molar-refractivity contribution is -0.148. The summed E-state index contributed by atoms with van der Waals surface area (Å²) in [7, 11) is -2.34. The monoisotopic (exact) mass is 510 g/mol. The van der Waals surface area contributed by atoms with Gasteiger partial charge >= 0.3 is 5.97 Å². The third kappa shape index (κ3) is 4.24. The molecule has 9 heteroatoms. The number of β-lactam (4-membered cyclic amide) rings is 1. The summed E-state index contributed by atoms with van der Waals surface area (Å²) < 4.78 is 5.99. The molecule has 2 aliphatic rings. The highest BCUT2D eigenvalue weighted by molar-refractivity contribution is 9.09. The molecule has 0 aromatic heterocycles. The van der Waals surface area contributed by atoms with Crippen LogP contribution in [0.1, 0.15) is 31.1 Å². The molecule has 6 nitrogen and oxygen atoms in total. The minimum Gasteiger partial charge on any atom is -0.515 e. The van der Waals surface area contributed by atoms with E-state index in [9.17, 15) is 14.4 Å². The maximum absolute atomic E-state index is 13.2. The van der Waals surface area contributed by atoms with Gasteiger partial charge in [-0.2, -0.15) is 0 Å². The third-order valence-corrected chi connectivity index (χ3v) is 12.2. The third-order valence-electron chi connectivity index (χ3n) is 5.88. The Hall–Kier alpha value is -1.58. The first kappa shape index (κ1) is 23.1. The van der Waals surface area contributed by atoms with Crippen LogP contribution in [0.2, 0.25) is 18.1 Å². The molecule has 2 aliphatic heterocycles. The number of hydrogen-bond acceptors (Lipinski definition) is 5. The SMILES string of the molecule is CC(C)(C)[Si](C)(C)OC(=O)C1=C(CBr)CS[C@@H]2C(NC(=O)c3ccccc3)C(=O)N12. The fraction of sp³-hybridized carbons (Fsp3) is 0.476. The predicted molar refractivity (Wildman–Crippen MR) is 125 cm³/mol. The van der Waals surface area contributed by atoms with E-state index in [0.29, 0.717) is 22.3 Å². The number of halogens is 1. The summed E-state index contributed by atoms with van der Waals surface area (Å²) in [5.41, 5.74) is 1.66. The number of alkyl halides is 1. The lowest BCUT2D eigenvalue weighted by atomic mass is 10.0. The maximum atomic E-state index is 13.2. The second kappa shape index (κ2) is 8.51. The Kier molecular flexibility index (Phi) is 6.55. The molecule has 0 bridgehead atoms. The summed E-state index contributed by atoms with van der Waals surface area (Å²) in [6, 6.07) is 8.13. The molecule has 1 fully saturated rings. The molecule has 2 heterocycles. The average molecular weight is 512 g/mol. The molecule has 1 aromatic carbocycles. The van der Waals surface area contributed by atoms with Crippen LogP contribution in [0.25, 0.3) is 0 Å². The van der Waals surface area contributed by atoms with Crippen LogP contribution in [-0.2, 0) is 14.0 Å². The van der Waals surface area contributed by atoms with Crippen molar-refractivity contribution in [2.75, 3.05) is 11.1 Å². The van der Waals surface area contributed by atoms with Gasteiger partial charge < -0.3 is 9.74 Å². The number of amides is 2. The van der Waals surface area contributed by atoms with Gasteiger partial charge in [0, 0.05) is 16.6 Å². The zero-order valence-electron chi connectivity index (χ0n) is 17.8. The molecule has 1 aromatic rings. The van der Waals surface area contributed by atoms with E-state index in [1.165, 1.54) is 4.90 Å². The van der Waals surface area contributed by atoms with Crippen LogP contribution in [0.5, 0.6) is 0 Å². The van der Waals surface area contributed by atoms with Gasteiger partial charge in [0.1, 0.15) is 17.1 Å². The Morgan fingerprint density at radius 3 is 2.47 bits per heavy atom. The van der Waals surface area contributed by atoms with E-state index >= 15 is 0 Å². The molecule has 1 saturated heterocycles. The van der Waals surface area contributed by atoms with E-state index in [-0.39, 0.29) is 22.2 Å². The van der Waals surface area contributed by atoms with Gasteiger partial charge in [-0.25, -0.2) is 4.79 Å². The molecule has 1 unspecified atom stereocenters. The fourth-order valence-corrected chi connectivity index (χ4v) is 5.96. The van der Waals surface area contributed by atoms with Crippen LogP contribution in [-0.4, -0.2) is 53.5 Å². The second-order valence-electron chi connectivity index (χ2n) is 8.96. The minimum atomic E-state index is -2.34. The molecule has 0 radical (unpaired) electrons. The summed E-state index contributed by atoms with van der Waals surface area (Å²) in [6.45, 7) is 10.2. The first-order chi connectivity index (χ1) is 14.0. The van der Waals surface area contributed by atoms with E-state index in [2.05, 4.69) is 42.0 Å². The van der Waals surface area contributed by atoms with Crippen molar-refractivity contribution in [3.63, 3.8) is 0 Å². The normalized spacial score (nSPS) is 21.7. The van der Waals surface area contributed by atoms with Crippen molar-refractivity contribution in [3.8, 4) is 0 Å². The molecular formula is C21H27BrN2O4SSi. The summed E-state index contributed by atoms with van der Waals surface area (Å²) >= 11 is 4.99. The largest absolute Gasteiger partial charge is 0.515 e. The van der Waals surface area contributed by atoms with E-state index in [1.807, 2.05) is 19.2 Å². The molecule has 30 heavy (non-hydrogen) atoms. The zero-order valence-corrected chi connectivity index (χ0v) is 21.2. The molecule has 2 atom stereocenters. The number of fused-ring (bicyclic) bond motifs is 1. The highest BCUT2D eigenvalue weighted by atomic mass is 79.9.